The van der Waals surface area contributed by atoms with Gasteiger partial charge in [0.05, 0.1) is 5.69 Å². The average molecular weight is 341 g/mol. The Hall–Kier alpha value is -1.46. The third-order valence-electron chi connectivity index (χ3n) is 2.43. The molecule has 0 aliphatic rings. The van der Waals surface area contributed by atoms with E-state index in [1.54, 1.807) is 13.0 Å². The first-order valence-electron chi connectivity index (χ1n) is 5.54. The van der Waals surface area contributed by atoms with Crippen LogP contribution in [0.5, 0.6) is 0 Å². The summed E-state index contributed by atoms with van der Waals surface area (Å²) in [4.78, 5) is 19.9. The van der Waals surface area contributed by atoms with Crippen molar-refractivity contribution in [3.8, 4) is 0 Å². The topological polar surface area (TPSA) is 54.9 Å². The Morgan fingerprint density at radius 1 is 1.26 bits per heavy atom. The number of rotatable bonds is 2. The molecule has 0 aliphatic carbocycles. The third kappa shape index (κ3) is 3.52. The molecule has 0 unspecified atom stereocenters. The molecular weight excluding hydrogens is 330 g/mol. The van der Waals surface area contributed by atoms with Crippen molar-refractivity contribution < 1.29 is 4.79 Å². The largest absolute Gasteiger partial charge is 0.320 e. The first-order chi connectivity index (χ1) is 8.95. The van der Waals surface area contributed by atoms with Gasteiger partial charge >= 0.3 is 0 Å². The Bertz CT molecular complexity index is 626. The molecule has 2 aromatic rings. The highest BCUT2D eigenvalue weighted by atomic mass is 79.9. The molecule has 0 fully saturated rings. The number of hydrogen-bond donors (Lipinski definition) is 1. The Morgan fingerprint density at radius 2 is 2.00 bits per heavy atom. The van der Waals surface area contributed by atoms with Gasteiger partial charge in [-0.2, -0.15) is 0 Å². The second kappa shape index (κ2) is 5.67. The van der Waals surface area contributed by atoms with Crippen molar-refractivity contribution >= 4 is 39.1 Å². The van der Waals surface area contributed by atoms with E-state index in [1.807, 2.05) is 25.1 Å². The quantitative estimate of drug-likeness (QED) is 0.847. The SMILES string of the molecule is Cc1ccc(Br)c(NC(=O)c2cc(C)nc(Cl)n2)c1. The van der Waals surface area contributed by atoms with E-state index in [0.717, 1.165) is 10.0 Å². The van der Waals surface area contributed by atoms with E-state index in [2.05, 4.69) is 31.2 Å². The van der Waals surface area contributed by atoms with Gasteiger partial charge in [0.15, 0.2) is 0 Å². The van der Waals surface area contributed by atoms with Crippen molar-refractivity contribution in [3.05, 3.63) is 51.0 Å². The summed E-state index contributed by atoms with van der Waals surface area (Å²) in [6.45, 7) is 3.71. The number of aryl methyl sites for hydroxylation is 2. The number of aromatic nitrogens is 2. The molecule has 1 heterocycles. The van der Waals surface area contributed by atoms with Gasteiger partial charge in [0, 0.05) is 10.2 Å². The Balaban J connectivity index is 2.28. The predicted octanol–water partition coefficient (Wildman–Crippen LogP) is 3.76. The predicted molar refractivity (Wildman–Crippen MR) is 78.6 cm³/mol. The number of amides is 1. The maximum Gasteiger partial charge on any atom is 0.274 e. The smallest absolute Gasteiger partial charge is 0.274 e. The molecule has 1 amide bonds. The van der Waals surface area contributed by atoms with Crippen LogP contribution in [0.15, 0.2) is 28.7 Å². The lowest BCUT2D eigenvalue weighted by Crippen LogP contribution is -2.15. The molecule has 1 N–H and O–H groups in total. The molecule has 0 spiro atoms. The van der Waals surface area contributed by atoms with Crippen molar-refractivity contribution in [3.63, 3.8) is 0 Å². The van der Waals surface area contributed by atoms with Crippen molar-refractivity contribution in [2.45, 2.75) is 13.8 Å². The molecule has 0 atom stereocenters. The molecule has 2 rings (SSSR count). The van der Waals surface area contributed by atoms with Crippen LogP contribution < -0.4 is 5.32 Å². The molecule has 0 saturated heterocycles. The van der Waals surface area contributed by atoms with E-state index in [-0.39, 0.29) is 16.9 Å². The fraction of sp³-hybridized carbons (Fsp3) is 0.154. The Morgan fingerprint density at radius 3 is 2.68 bits per heavy atom. The van der Waals surface area contributed by atoms with Gasteiger partial charge in [0.2, 0.25) is 5.28 Å². The number of benzene rings is 1. The second-order valence-electron chi connectivity index (χ2n) is 4.10. The maximum atomic E-state index is 12.1. The molecule has 19 heavy (non-hydrogen) atoms. The normalized spacial score (nSPS) is 10.3. The lowest BCUT2D eigenvalue weighted by atomic mass is 10.2. The van der Waals surface area contributed by atoms with Crippen LogP contribution in [0.25, 0.3) is 0 Å². The highest BCUT2D eigenvalue weighted by Gasteiger charge is 2.11. The lowest BCUT2D eigenvalue weighted by molar-refractivity contribution is 0.102. The van der Waals surface area contributed by atoms with Crippen LogP contribution in [0, 0.1) is 13.8 Å². The first-order valence-corrected chi connectivity index (χ1v) is 6.71. The van der Waals surface area contributed by atoms with E-state index in [4.69, 9.17) is 11.6 Å². The molecule has 0 saturated carbocycles. The number of nitrogens with zero attached hydrogens (tertiary/aromatic N) is 2. The summed E-state index contributed by atoms with van der Waals surface area (Å²) < 4.78 is 0.809. The van der Waals surface area contributed by atoms with E-state index < -0.39 is 0 Å². The third-order valence-corrected chi connectivity index (χ3v) is 3.29. The average Bonchev–Trinajstić information content (AvgIpc) is 2.32. The van der Waals surface area contributed by atoms with Crippen LogP contribution >= 0.6 is 27.5 Å². The number of halogens is 2. The van der Waals surface area contributed by atoms with Gasteiger partial charge in [0.1, 0.15) is 5.69 Å². The first kappa shape index (κ1) is 14.0. The van der Waals surface area contributed by atoms with Gasteiger partial charge in [-0.05, 0) is 65.1 Å². The molecule has 0 radical (unpaired) electrons. The molecule has 0 aliphatic heterocycles. The van der Waals surface area contributed by atoms with E-state index in [9.17, 15) is 4.79 Å². The van der Waals surface area contributed by atoms with Crippen LogP contribution in [0.2, 0.25) is 5.28 Å². The van der Waals surface area contributed by atoms with Crippen LogP contribution in [0.3, 0.4) is 0 Å². The molecule has 4 nitrogen and oxygen atoms in total. The van der Waals surface area contributed by atoms with Gasteiger partial charge in [-0.1, -0.05) is 6.07 Å². The van der Waals surface area contributed by atoms with Gasteiger partial charge in [0.25, 0.3) is 5.91 Å². The maximum absolute atomic E-state index is 12.1. The Labute approximate surface area is 124 Å². The highest BCUT2D eigenvalue weighted by molar-refractivity contribution is 9.10. The van der Waals surface area contributed by atoms with Crippen LogP contribution in [0.1, 0.15) is 21.7 Å². The minimum Gasteiger partial charge on any atom is -0.320 e. The minimum absolute atomic E-state index is 0.0634. The summed E-state index contributed by atoms with van der Waals surface area (Å²) in [7, 11) is 0. The van der Waals surface area contributed by atoms with Crippen LogP contribution in [-0.2, 0) is 0 Å². The minimum atomic E-state index is -0.321. The molecule has 6 heteroatoms. The van der Waals surface area contributed by atoms with Crippen LogP contribution in [0.4, 0.5) is 5.69 Å². The van der Waals surface area contributed by atoms with E-state index in [1.165, 1.54) is 0 Å². The highest BCUT2D eigenvalue weighted by Crippen LogP contribution is 2.23. The zero-order valence-corrected chi connectivity index (χ0v) is 12.7. The number of anilines is 1. The summed E-state index contributed by atoms with van der Waals surface area (Å²) in [6, 6.07) is 7.29. The monoisotopic (exact) mass is 339 g/mol. The fourth-order valence-electron chi connectivity index (χ4n) is 1.57. The van der Waals surface area contributed by atoms with Crippen molar-refractivity contribution in [1.82, 2.24) is 9.97 Å². The number of hydrogen-bond acceptors (Lipinski definition) is 3. The van der Waals surface area contributed by atoms with Crippen molar-refractivity contribution in [1.29, 1.82) is 0 Å². The molecular formula is C13H11BrClN3O. The van der Waals surface area contributed by atoms with Gasteiger partial charge in [-0.3, -0.25) is 4.79 Å². The summed E-state index contributed by atoms with van der Waals surface area (Å²) in [5, 5.41) is 2.85. The standard InChI is InChI=1S/C13H11BrClN3O/c1-7-3-4-9(14)10(5-7)17-12(19)11-6-8(2)16-13(15)18-11/h3-6H,1-2H3,(H,17,19). The number of carbonyl (C=O) groups excluding carboxylic acids is 1. The van der Waals surface area contributed by atoms with Crippen molar-refractivity contribution in [2.24, 2.45) is 0 Å². The zero-order chi connectivity index (χ0) is 14.0. The van der Waals surface area contributed by atoms with Crippen LogP contribution in [-0.4, -0.2) is 15.9 Å². The summed E-state index contributed by atoms with van der Waals surface area (Å²) in [5.41, 5.74) is 2.63. The lowest BCUT2D eigenvalue weighted by Gasteiger charge is -2.08. The summed E-state index contributed by atoms with van der Waals surface area (Å²) >= 11 is 9.13. The molecule has 1 aromatic carbocycles. The summed E-state index contributed by atoms with van der Waals surface area (Å²) in [6.07, 6.45) is 0. The van der Waals surface area contributed by atoms with Gasteiger partial charge in [-0.25, -0.2) is 9.97 Å². The summed E-state index contributed by atoms with van der Waals surface area (Å²) in [5.74, 6) is -0.321. The van der Waals surface area contributed by atoms with Gasteiger partial charge < -0.3 is 5.32 Å². The van der Waals surface area contributed by atoms with Gasteiger partial charge in [-0.15, -0.1) is 0 Å². The zero-order valence-electron chi connectivity index (χ0n) is 10.4. The second-order valence-corrected chi connectivity index (χ2v) is 5.29. The fourth-order valence-corrected chi connectivity index (χ4v) is 2.14. The molecule has 0 bridgehead atoms. The molecule has 98 valence electrons. The molecule has 1 aromatic heterocycles. The number of nitrogens with one attached hydrogen (secondary N) is 1. The van der Waals surface area contributed by atoms with E-state index in [0.29, 0.717) is 11.4 Å². The Kier molecular flexibility index (Phi) is 4.17. The number of carbonyl (C=O) groups is 1. The van der Waals surface area contributed by atoms with Crippen molar-refractivity contribution in [2.75, 3.05) is 5.32 Å². The van der Waals surface area contributed by atoms with E-state index >= 15 is 0 Å².